The van der Waals surface area contributed by atoms with Gasteiger partial charge >= 0.3 is 6.03 Å². The standard InChI is InChI=1S/C20H26N6O2/c1-12-8-14(5-6-23-12)19(22)16-11-24-18(10-17(16)21)26-20(27)25-13(2)9-15-4-3-7-28-15/h5-6,8,10-11,13,15,22H,3-4,7,9H2,1-2H3,(H4,21,24,25,26,27). The van der Waals surface area contributed by atoms with E-state index in [0.717, 1.165) is 31.6 Å². The van der Waals surface area contributed by atoms with Gasteiger partial charge in [-0.05, 0) is 45.2 Å². The maximum Gasteiger partial charge on any atom is 0.320 e. The van der Waals surface area contributed by atoms with Crippen LogP contribution in [0.15, 0.2) is 30.6 Å². The molecule has 1 saturated heterocycles. The predicted molar refractivity (Wildman–Crippen MR) is 109 cm³/mol. The molecule has 2 aromatic rings. The first-order valence-electron chi connectivity index (χ1n) is 9.39. The summed E-state index contributed by atoms with van der Waals surface area (Å²) in [6.45, 7) is 4.61. The maximum absolute atomic E-state index is 12.2. The van der Waals surface area contributed by atoms with Crippen molar-refractivity contribution in [3.05, 3.63) is 47.4 Å². The third-order valence-electron chi connectivity index (χ3n) is 4.65. The molecule has 0 saturated carbocycles. The van der Waals surface area contributed by atoms with Crippen LogP contribution in [0, 0.1) is 12.3 Å². The van der Waals surface area contributed by atoms with Crippen molar-refractivity contribution >= 4 is 23.2 Å². The van der Waals surface area contributed by atoms with Crippen molar-refractivity contribution in [3.8, 4) is 0 Å². The molecule has 2 atom stereocenters. The molecular weight excluding hydrogens is 356 g/mol. The molecular formula is C20H26N6O2. The number of ether oxygens (including phenoxy) is 1. The number of urea groups is 1. The van der Waals surface area contributed by atoms with Gasteiger partial charge in [-0.15, -0.1) is 0 Å². The summed E-state index contributed by atoms with van der Waals surface area (Å²) in [6.07, 6.45) is 6.26. The zero-order valence-electron chi connectivity index (χ0n) is 16.2. The average molecular weight is 382 g/mol. The number of pyridine rings is 2. The van der Waals surface area contributed by atoms with Gasteiger partial charge in [0.1, 0.15) is 5.82 Å². The highest BCUT2D eigenvalue weighted by Crippen LogP contribution is 2.20. The molecule has 0 aliphatic carbocycles. The molecule has 5 N–H and O–H groups in total. The zero-order valence-corrected chi connectivity index (χ0v) is 16.2. The van der Waals surface area contributed by atoms with Crippen LogP contribution >= 0.6 is 0 Å². The lowest BCUT2D eigenvalue weighted by molar-refractivity contribution is 0.0973. The summed E-state index contributed by atoms with van der Waals surface area (Å²) < 4.78 is 5.59. The molecule has 28 heavy (non-hydrogen) atoms. The van der Waals surface area contributed by atoms with E-state index >= 15 is 0 Å². The molecule has 3 heterocycles. The number of rotatable bonds is 6. The summed E-state index contributed by atoms with van der Waals surface area (Å²) in [5.74, 6) is 0.335. The molecule has 2 unspecified atom stereocenters. The van der Waals surface area contributed by atoms with E-state index in [1.54, 1.807) is 18.3 Å². The van der Waals surface area contributed by atoms with Crippen LogP contribution in [0.4, 0.5) is 16.3 Å². The summed E-state index contributed by atoms with van der Waals surface area (Å²) in [5.41, 5.74) is 8.77. The van der Waals surface area contributed by atoms with Crippen LogP contribution in [0.2, 0.25) is 0 Å². The summed E-state index contributed by atoms with van der Waals surface area (Å²) in [6, 6.07) is 4.77. The monoisotopic (exact) mass is 382 g/mol. The number of carbonyl (C=O) groups excluding carboxylic acids is 1. The second kappa shape index (κ2) is 8.79. The quantitative estimate of drug-likeness (QED) is 0.572. The predicted octanol–water partition coefficient (Wildman–Crippen LogP) is 2.86. The first-order valence-corrected chi connectivity index (χ1v) is 9.39. The molecule has 2 aromatic heterocycles. The van der Waals surface area contributed by atoms with Crippen molar-refractivity contribution in [2.75, 3.05) is 17.7 Å². The van der Waals surface area contributed by atoms with E-state index in [0.29, 0.717) is 22.6 Å². The van der Waals surface area contributed by atoms with Gasteiger partial charge in [0.05, 0.1) is 11.8 Å². The van der Waals surface area contributed by atoms with E-state index in [9.17, 15) is 4.79 Å². The topological polar surface area (TPSA) is 126 Å². The largest absolute Gasteiger partial charge is 0.398 e. The Morgan fingerprint density at radius 1 is 1.43 bits per heavy atom. The fourth-order valence-corrected chi connectivity index (χ4v) is 3.26. The minimum Gasteiger partial charge on any atom is -0.398 e. The van der Waals surface area contributed by atoms with Crippen LogP contribution in [0.5, 0.6) is 0 Å². The number of anilines is 2. The fraction of sp³-hybridized carbons (Fsp3) is 0.400. The highest BCUT2D eigenvalue weighted by molar-refractivity contribution is 6.13. The Hall–Kier alpha value is -3.00. The zero-order chi connectivity index (χ0) is 20.1. The Kier molecular flexibility index (Phi) is 6.20. The van der Waals surface area contributed by atoms with Crippen molar-refractivity contribution in [1.82, 2.24) is 15.3 Å². The van der Waals surface area contributed by atoms with Crippen LogP contribution in [-0.2, 0) is 4.74 Å². The van der Waals surface area contributed by atoms with Gasteiger partial charge < -0.3 is 15.8 Å². The molecule has 148 valence electrons. The number of nitrogens with two attached hydrogens (primary N) is 1. The van der Waals surface area contributed by atoms with E-state index in [1.807, 2.05) is 19.9 Å². The second-order valence-electron chi connectivity index (χ2n) is 7.09. The van der Waals surface area contributed by atoms with Crippen molar-refractivity contribution in [3.63, 3.8) is 0 Å². The number of carbonyl (C=O) groups is 1. The van der Waals surface area contributed by atoms with Gasteiger partial charge in [0.2, 0.25) is 0 Å². The first-order chi connectivity index (χ1) is 13.4. The van der Waals surface area contributed by atoms with Gasteiger partial charge in [0, 0.05) is 53.6 Å². The van der Waals surface area contributed by atoms with Crippen LogP contribution in [0.25, 0.3) is 0 Å². The molecule has 2 amide bonds. The number of amides is 2. The molecule has 1 fully saturated rings. The van der Waals surface area contributed by atoms with Gasteiger partial charge in [-0.1, -0.05) is 0 Å². The highest BCUT2D eigenvalue weighted by atomic mass is 16.5. The molecule has 8 heteroatoms. The number of aryl methyl sites for hydroxylation is 1. The van der Waals surface area contributed by atoms with E-state index in [4.69, 9.17) is 15.9 Å². The minimum absolute atomic E-state index is 0.0113. The van der Waals surface area contributed by atoms with Gasteiger partial charge in [0.25, 0.3) is 0 Å². The summed E-state index contributed by atoms with van der Waals surface area (Å²) in [5, 5.41) is 13.9. The lowest BCUT2D eigenvalue weighted by Gasteiger charge is -2.18. The number of aromatic nitrogens is 2. The Morgan fingerprint density at radius 3 is 2.93 bits per heavy atom. The Balaban J connectivity index is 1.60. The Labute approximate surface area is 164 Å². The SMILES string of the molecule is Cc1cc(C(=N)c2cnc(NC(=O)NC(C)CC3CCCO3)cc2N)ccn1. The molecule has 3 rings (SSSR count). The normalized spacial score (nSPS) is 17.1. The van der Waals surface area contributed by atoms with Gasteiger partial charge in [-0.3, -0.25) is 15.7 Å². The maximum atomic E-state index is 12.2. The second-order valence-corrected chi connectivity index (χ2v) is 7.09. The molecule has 1 aliphatic heterocycles. The third kappa shape index (κ3) is 5.04. The number of nitrogens with zero attached hydrogens (tertiary/aromatic N) is 2. The van der Waals surface area contributed by atoms with E-state index < -0.39 is 0 Å². The van der Waals surface area contributed by atoms with Crippen LogP contribution in [0.1, 0.15) is 43.0 Å². The third-order valence-corrected chi connectivity index (χ3v) is 4.65. The number of hydrogen-bond donors (Lipinski definition) is 4. The highest BCUT2D eigenvalue weighted by Gasteiger charge is 2.19. The number of hydrogen-bond acceptors (Lipinski definition) is 6. The summed E-state index contributed by atoms with van der Waals surface area (Å²) in [7, 11) is 0. The van der Waals surface area contributed by atoms with Crippen molar-refractivity contribution in [2.45, 2.75) is 45.3 Å². The fourth-order valence-electron chi connectivity index (χ4n) is 3.26. The number of nitrogen functional groups attached to an aromatic ring is 1. The van der Waals surface area contributed by atoms with E-state index in [-0.39, 0.29) is 23.9 Å². The van der Waals surface area contributed by atoms with Gasteiger partial charge in [-0.25, -0.2) is 9.78 Å². The van der Waals surface area contributed by atoms with Crippen LogP contribution in [-0.4, -0.2) is 40.5 Å². The molecule has 1 aliphatic rings. The Morgan fingerprint density at radius 2 is 2.25 bits per heavy atom. The first kappa shape index (κ1) is 19.8. The summed E-state index contributed by atoms with van der Waals surface area (Å²) >= 11 is 0. The molecule has 8 nitrogen and oxygen atoms in total. The van der Waals surface area contributed by atoms with E-state index in [1.165, 1.54) is 6.20 Å². The lowest BCUT2D eigenvalue weighted by Crippen LogP contribution is -2.38. The van der Waals surface area contributed by atoms with Crippen LogP contribution < -0.4 is 16.4 Å². The smallest absolute Gasteiger partial charge is 0.320 e. The Bertz CT molecular complexity index is 864. The molecule has 0 aromatic carbocycles. The molecule has 0 bridgehead atoms. The summed E-state index contributed by atoms with van der Waals surface area (Å²) in [4.78, 5) is 20.6. The van der Waals surface area contributed by atoms with Gasteiger partial charge in [0.15, 0.2) is 0 Å². The van der Waals surface area contributed by atoms with E-state index in [2.05, 4.69) is 20.6 Å². The average Bonchev–Trinajstić information content (AvgIpc) is 3.14. The molecule has 0 spiro atoms. The lowest BCUT2D eigenvalue weighted by atomic mass is 10.0. The van der Waals surface area contributed by atoms with Crippen molar-refractivity contribution in [2.24, 2.45) is 0 Å². The molecule has 0 radical (unpaired) electrons. The van der Waals surface area contributed by atoms with Crippen molar-refractivity contribution in [1.29, 1.82) is 5.41 Å². The van der Waals surface area contributed by atoms with Crippen LogP contribution in [0.3, 0.4) is 0 Å². The van der Waals surface area contributed by atoms with Gasteiger partial charge in [-0.2, -0.15) is 0 Å². The minimum atomic E-state index is -0.343. The van der Waals surface area contributed by atoms with Crippen molar-refractivity contribution < 1.29 is 9.53 Å². The number of nitrogens with one attached hydrogen (secondary N) is 3.